The van der Waals surface area contributed by atoms with E-state index < -0.39 is 11.5 Å². The molecule has 0 aromatic rings. The van der Waals surface area contributed by atoms with E-state index in [0.717, 1.165) is 0 Å². The highest BCUT2D eigenvalue weighted by Gasteiger charge is 2.23. The fourth-order valence-corrected chi connectivity index (χ4v) is 0.727. The van der Waals surface area contributed by atoms with Crippen LogP contribution < -0.4 is 0 Å². The number of hydrogen-bond donors (Lipinski definition) is 0. The fourth-order valence-electron chi connectivity index (χ4n) is 0.727. The van der Waals surface area contributed by atoms with Crippen LogP contribution in [0.1, 0.15) is 34.6 Å². The largest absolute Gasteiger partial charge is 0.461 e. The van der Waals surface area contributed by atoms with Crippen molar-refractivity contribution in [2.24, 2.45) is 5.41 Å². The minimum Gasteiger partial charge on any atom is -0.461 e. The minimum atomic E-state index is -0.518. The summed E-state index contributed by atoms with van der Waals surface area (Å²) in [5, 5.41) is 0. The third-order valence-corrected chi connectivity index (χ3v) is 1.43. The molecule has 0 fully saturated rings. The van der Waals surface area contributed by atoms with Gasteiger partial charge in [0.05, 0.1) is 5.41 Å². The van der Waals surface area contributed by atoms with Gasteiger partial charge in [-0.3, -0.25) is 9.59 Å². The normalized spacial score (nSPS) is 13.2. The van der Waals surface area contributed by atoms with Gasteiger partial charge < -0.3 is 9.47 Å². The van der Waals surface area contributed by atoms with Gasteiger partial charge >= 0.3 is 11.9 Å². The average Bonchev–Trinajstić information content (AvgIpc) is 1.96. The van der Waals surface area contributed by atoms with Crippen LogP contribution >= 0.6 is 0 Å². The second-order valence-corrected chi connectivity index (χ2v) is 4.27. The van der Waals surface area contributed by atoms with Crippen molar-refractivity contribution in [1.29, 1.82) is 0 Å². The number of esters is 2. The molecular formula is C10H18O4. The van der Waals surface area contributed by atoms with Gasteiger partial charge in [0.25, 0.3) is 0 Å². The van der Waals surface area contributed by atoms with Crippen LogP contribution in [-0.4, -0.2) is 24.6 Å². The number of carbonyl (C=O) groups excluding carboxylic acids is 2. The molecule has 0 amide bonds. The molecule has 4 nitrogen and oxygen atoms in total. The van der Waals surface area contributed by atoms with E-state index in [1.807, 2.05) is 0 Å². The average molecular weight is 202 g/mol. The first-order valence-electron chi connectivity index (χ1n) is 4.58. The molecule has 0 saturated carbocycles. The Morgan fingerprint density at radius 2 is 1.79 bits per heavy atom. The molecule has 0 aromatic heterocycles. The minimum absolute atomic E-state index is 0.107. The van der Waals surface area contributed by atoms with Gasteiger partial charge in [-0.15, -0.1) is 0 Å². The van der Waals surface area contributed by atoms with Crippen molar-refractivity contribution in [2.45, 2.75) is 40.7 Å². The first-order valence-corrected chi connectivity index (χ1v) is 4.58. The maximum absolute atomic E-state index is 11.3. The van der Waals surface area contributed by atoms with Crippen LogP contribution in [0.4, 0.5) is 0 Å². The quantitative estimate of drug-likeness (QED) is 0.651. The molecule has 4 heteroatoms. The highest BCUT2D eigenvalue weighted by Crippen LogP contribution is 2.15. The maximum Gasteiger partial charge on any atom is 0.311 e. The molecule has 0 bridgehead atoms. The number of hydrogen-bond acceptors (Lipinski definition) is 4. The van der Waals surface area contributed by atoms with E-state index in [-0.39, 0.29) is 18.5 Å². The van der Waals surface area contributed by atoms with Gasteiger partial charge in [-0.2, -0.15) is 0 Å². The second kappa shape index (κ2) is 4.98. The maximum atomic E-state index is 11.3. The highest BCUT2D eigenvalue weighted by molar-refractivity contribution is 5.75. The standard InChI is InChI=1S/C10H18O4/c1-7(14-8(2)11)6-13-9(12)10(3,4)5/h7H,6H2,1-5H3. The molecule has 0 saturated heterocycles. The molecule has 1 atom stereocenters. The van der Waals surface area contributed by atoms with Crippen molar-refractivity contribution in [3.63, 3.8) is 0 Å². The van der Waals surface area contributed by atoms with Crippen molar-refractivity contribution in [3.05, 3.63) is 0 Å². The third-order valence-electron chi connectivity index (χ3n) is 1.43. The molecule has 0 aliphatic carbocycles. The van der Waals surface area contributed by atoms with E-state index in [9.17, 15) is 9.59 Å². The molecular weight excluding hydrogens is 184 g/mol. The Balaban J connectivity index is 3.84. The lowest BCUT2D eigenvalue weighted by molar-refractivity contribution is -0.162. The number of carbonyl (C=O) groups is 2. The summed E-state index contributed by atoms with van der Waals surface area (Å²) in [7, 11) is 0. The van der Waals surface area contributed by atoms with E-state index in [0.29, 0.717) is 0 Å². The van der Waals surface area contributed by atoms with Crippen LogP contribution in [0.3, 0.4) is 0 Å². The molecule has 0 N–H and O–H groups in total. The summed E-state index contributed by atoms with van der Waals surface area (Å²) in [6.07, 6.45) is -0.390. The monoisotopic (exact) mass is 202 g/mol. The molecule has 0 aliphatic heterocycles. The van der Waals surface area contributed by atoms with Crippen LogP contribution in [0.2, 0.25) is 0 Å². The van der Waals surface area contributed by atoms with Gasteiger partial charge in [-0.25, -0.2) is 0 Å². The van der Waals surface area contributed by atoms with E-state index >= 15 is 0 Å². The number of ether oxygens (including phenoxy) is 2. The molecule has 0 aromatic carbocycles. The smallest absolute Gasteiger partial charge is 0.311 e. The van der Waals surface area contributed by atoms with Crippen LogP contribution in [0.5, 0.6) is 0 Å². The highest BCUT2D eigenvalue weighted by atomic mass is 16.6. The topological polar surface area (TPSA) is 52.6 Å². The number of rotatable bonds is 3. The van der Waals surface area contributed by atoms with Gasteiger partial charge in [0.1, 0.15) is 12.7 Å². The molecule has 0 rings (SSSR count). The third kappa shape index (κ3) is 5.56. The van der Waals surface area contributed by atoms with Crippen LogP contribution in [0, 0.1) is 5.41 Å². The Kier molecular flexibility index (Phi) is 4.60. The van der Waals surface area contributed by atoms with Crippen LogP contribution in [0.25, 0.3) is 0 Å². The van der Waals surface area contributed by atoms with E-state index in [1.165, 1.54) is 6.92 Å². The molecule has 0 radical (unpaired) electrons. The van der Waals surface area contributed by atoms with Gasteiger partial charge in [0.15, 0.2) is 0 Å². The summed E-state index contributed by atoms with van der Waals surface area (Å²) < 4.78 is 9.75. The molecule has 82 valence electrons. The predicted molar refractivity (Wildman–Crippen MR) is 51.6 cm³/mol. The first-order chi connectivity index (χ1) is 6.23. The lowest BCUT2D eigenvalue weighted by Gasteiger charge is -2.18. The summed E-state index contributed by atoms with van der Waals surface area (Å²) >= 11 is 0. The Morgan fingerprint density at radius 3 is 2.14 bits per heavy atom. The summed E-state index contributed by atoms with van der Waals surface area (Å²) in [6.45, 7) is 8.42. The van der Waals surface area contributed by atoms with E-state index in [4.69, 9.17) is 9.47 Å². The Labute approximate surface area is 84.6 Å². The zero-order valence-electron chi connectivity index (χ0n) is 9.42. The van der Waals surface area contributed by atoms with Crippen LogP contribution in [-0.2, 0) is 19.1 Å². The zero-order valence-corrected chi connectivity index (χ0v) is 9.42. The van der Waals surface area contributed by atoms with Crippen LogP contribution in [0.15, 0.2) is 0 Å². The fraction of sp³-hybridized carbons (Fsp3) is 0.800. The van der Waals surface area contributed by atoms with Crippen molar-refractivity contribution >= 4 is 11.9 Å². The SMILES string of the molecule is CC(=O)OC(C)COC(=O)C(C)(C)C. The van der Waals surface area contributed by atoms with Crippen molar-refractivity contribution in [2.75, 3.05) is 6.61 Å². The Hall–Kier alpha value is -1.06. The van der Waals surface area contributed by atoms with Gasteiger partial charge in [-0.1, -0.05) is 0 Å². The summed E-state index contributed by atoms with van der Waals surface area (Å²) in [5.74, 6) is -0.666. The van der Waals surface area contributed by atoms with Crippen molar-refractivity contribution < 1.29 is 19.1 Å². The van der Waals surface area contributed by atoms with E-state index in [2.05, 4.69) is 0 Å². The molecule has 0 spiro atoms. The summed E-state index contributed by atoms with van der Waals surface area (Å²) in [5.41, 5.74) is -0.518. The molecule has 14 heavy (non-hydrogen) atoms. The lowest BCUT2D eigenvalue weighted by Crippen LogP contribution is -2.27. The second-order valence-electron chi connectivity index (χ2n) is 4.27. The molecule has 0 heterocycles. The van der Waals surface area contributed by atoms with Gasteiger partial charge in [0.2, 0.25) is 0 Å². The summed E-state index contributed by atoms with van der Waals surface area (Å²) in [4.78, 5) is 21.8. The van der Waals surface area contributed by atoms with Crippen molar-refractivity contribution in [3.8, 4) is 0 Å². The molecule has 0 aliphatic rings. The van der Waals surface area contributed by atoms with E-state index in [1.54, 1.807) is 27.7 Å². The van der Waals surface area contributed by atoms with Gasteiger partial charge in [0, 0.05) is 6.92 Å². The van der Waals surface area contributed by atoms with Gasteiger partial charge in [-0.05, 0) is 27.7 Å². The Morgan fingerprint density at radius 1 is 1.29 bits per heavy atom. The summed E-state index contributed by atoms with van der Waals surface area (Å²) in [6, 6.07) is 0. The predicted octanol–water partition coefficient (Wildman–Crippen LogP) is 1.53. The zero-order chi connectivity index (χ0) is 11.4. The lowest BCUT2D eigenvalue weighted by atomic mass is 9.97. The molecule has 1 unspecified atom stereocenters. The first kappa shape index (κ1) is 12.9. The Bertz CT molecular complexity index is 215. The van der Waals surface area contributed by atoms with Crippen molar-refractivity contribution in [1.82, 2.24) is 0 Å².